The van der Waals surface area contributed by atoms with Crippen LogP contribution in [0.25, 0.3) is 10.1 Å². The molecule has 0 bridgehead atoms. The topological polar surface area (TPSA) is 9.23 Å². The van der Waals surface area contributed by atoms with Gasteiger partial charge in [-0.05, 0) is 35.0 Å². The van der Waals surface area contributed by atoms with Gasteiger partial charge in [0.25, 0.3) is 0 Å². The molecule has 0 radical (unpaired) electrons. The van der Waals surface area contributed by atoms with E-state index in [9.17, 15) is 4.39 Å². The highest BCUT2D eigenvalue weighted by atomic mass is 32.1. The molecular formula is C10H9FOS. The van der Waals surface area contributed by atoms with Crippen LogP contribution in [-0.2, 0) is 0 Å². The number of thiophene rings is 1. The number of halogens is 1. The van der Waals surface area contributed by atoms with E-state index >= 15 is 0 Å². The lowest BCUT2D eigenvalue weighted by atomic mass is 10.2. The zero-order chi connectivity index (χ0) is 9.10. The molecule has 0 unspecified atom stereocenters. The summed E-state index contributed by atoms with van der Waals surface area (Å²) in [6, 6.07) is 7.85. The molecule has 0 N–H and O–H groups in total. The van der Waals surface area contributed by atoms with Crippen LogP contribution in [0.15, 0.2) is 29.6 Å². The summed E-state index contributed by atoms with van der Waals surface area (Å²) >= 11 is 1.66. The van der Waals surface area contributed by atoms with Gasteiger partial charge < -0.3 is 4.74 Å². The van der Waals surface area contributed by atoms with Gasteiger partial charge in [-0.3, -0.25) is 0 Å². The molecule has 13 heavy (non-hydrogen) atoms. The summed E-state index contributed by atoms with van der Waals surface area (Å²) in [6.07, 6.45) is 0. The van der Waals surface area contributed by atoms with Crippen molar-refractivity contribution in [1.29, 1.82) is 0 Å². The van der Waals surface area contributed by atoms with Crippen LogP contribution in [0.3, 0.4) is 0 Å². The molecule has 0 fully saturated rings. The first-order valence-electron chi connectivity index (χ1n) is 4.06. The zero-order valence-corrected chi connectivity index (χ0v) is 7.81. The Balaban J connectivity index is 2.26. The first-order chi connectivity index (χ1) is 6.40. The van der Waals surface area contributed by atoms with Gasteiger partial charge in [-0.25, -0.2) is 4.39 Å². The molecule has 0 aliphatic rings. The molecule has 0 amide bonds. The van der Waals surface area contributed by atoms with E-state index in [1.54, 1.807) is 11.3 Å². The van der Waals surface area contributed by atoms with Crippen molar-refractivity contribution in [3.63, 3.8) is 0 Å². The molecule has 1 aromatic heterocycles. The predicted octanol–water partition coefficient (Wildman–Crippen LogP) is 3.25. The summed E-state index contributed by atoms with van der Waals surface area (Å²) < 4.78 is 18.2. The van der Waals surface area contributed by atoms with Crippen LogP contribution >= 0.6 is 11.3 Å². The Bertz CT molecular complexity index is 396. The Morgan fingerprint density at radius 1 is 1.31 bits per heavy atom. The first-order valence-corrected chi connectivity index (χ1v) is 4.94. The lowest BCUT2D eigenvalue weighted by molar-refractivity contribution is 0.273. The Morgan fingerprint density at radius 3 is 3.08 bits per heavy atom. The van der Waals surface area contributed by atoms with Crippen LogP contribution in [0.2, 0.25) is 0 Å². The molecule has 3 heteroatoms. The fourth-order valence-electron chi connectivity index (χ4n) is 1.18. The summed E-state index contributed by atoms with van der Waals surface area (Å²) in [5, 5.41) is 3.24. The quantitative estimate of drug-likeness (QED) is 0.732. The molecule has 0 aliphatic carbocycles. The van der Waals surface area contributed by atoms with Crippen molar-refractivity contribution >= 4 is 21.4 Å². The van der Waals surface area contributed by atoms with Gasteiger partial charge in [-0.15, -0.1) is 11.3 Å². The highest BCUT2D eigenvalue weighted by Crippen LogP contribution is 2.25. The number of rotatable bonds is 3. The SMILES string of the molecule is FCCOc1ccc2ccsc2c1. The standard InChI is InChI=1S/C10H9FOS/c11-4-5-12-9-2-1-8-3-6-13-10(8)7-9/h1-3,6-7H,4-5H2. The van der Waals surface area contributed by atoms with E-state index in [0.717, 1.165) is 5.75 Å². The largest absolute Gasteiger partial charge is 0.491 e. The third kappa shape index (κ3) is 1.80. The highest BCUT2D eigenvalue weighted by molar-refractivity contribution is 7.17. The van der Waals surface area contributed by atoms with E-state index in [-0.39, 0.29) is 6.61 Å². The zero-order valence-electron chi connectivity index (χ0n) is 7.00. The van der Waals surface area contributed by atoms with Gasteiger partial charge in [-0.2, -0.15) is 0 Å². The van der Waals surface area contributed by atoms with Gasteiger partial charge in [0.2, 0.25) is 0 Å². The van der Waals surface area contributed by atoms with Crippen LogP contribution in [0.1, 0.15) is 0 Å². The van der Waals surface area contributed by atoms with E-state index in [4.69, 9.17) is 4.74 Å². The van der Waals surface area contributed by atoms with Gasteiger partial charge in [0.1, 0.15) is 19.0 Å². The summed E-state index contributed by atoms with van der Waals surface area (Å²) in [5.74, 6) is 0.743. The molecule has 0 saturated heterocycles. The van der Waals surface area contributed by atoms with Gasteiger partial charge in [0.05, 0.1) is 0 Å². The lowest BCUT2D eigenvalue weighted by Gasteiger charge is -2.02. The fraction of sp³-hybridized carbons (Fsp3) is 0.200. The minimum Gasteiger partial charge on any atom is -0.491 e. The van der Waals surface area contributed by atoms with E-state index in [1.165, 1.54) is 10.1 Å². The monoisotopic (exact) mass is 196 g/mol. The number of hydrogen-bond acceptors (Lipinski definition) is 2. The van der Waals surface area contributed by atoms with Crippen molar-refractivity contribution < 1.29 is 9.13 Å². The average molecular weight is 196 g/mol. The lowest BCUT2D eigenvalue weighted by Crippen LogP contribution is -1.97. The van der Waals surface area contributed by atoms with Crippen LogP contribution in [-0.4, -0.2) is 13.3 Å². The normalized spacial score (nSPS) is 10.5. The second kappa shape index (κ2) is 3.75. The van der Waals surface area contributed by atoms with Crippen LogP contribution in [0.4, 0.5) is 4.39 Å². The van der Waals surface area contributed by atoms with Crippen molar-refractivity contribution in [2.75, 3.05) is 13.3 Å². The number of alkyl halides is 1. The number of hydrogen-bond donors (Lipinski definition) is 0. The maximum Gasteiger partial charge on any atom is 0.123 e. The van der Waals surface area contributed by atoms with E-state index in [2.05, 4.69) is 6.07 Å². The molecule has 0 atom stereocenters. The Hall–Kier alpha value is -1.09. The van der Waals surface area contributed by atoms with Crippen molar-refractivity contribution in [2.45, 2.75) is 0 Å². The van der Waals surface area contributed by atoms with Gasteiger partial charge >= 0.3 is 0 Å². The molecule has 2 aromatic rings. The molecule has 68 valence electrons. The Labute approximate surface area is 79.8 Å². The number of fused-ring (bicyclic) bond motifs is 1. The van der Waals surface area contributed by atoms with Gasteiger partial charge in [0, 0.05) is 4.70 Å². The maximum atomic E-state index is 11.8. The maximum absolute atomic E-state index is 11.8. The summed E-state index contributed by atoms with van der Waals surface area (Å²) in [6.45, 7) is -0.306. The highest BCUT2D eigenvalue weighted by Gasteiger charge is 1.97. The van der Waals surface area contributed by atoms with Gasteiger partial charge in [-0.1, -0.05) is 0 Å². The average Bonchev–Trinajstić information content (AvgIpc) is 2.61. The number of benzene rings is 1. The molecule has 2 rings (SSSR count). The van der Waals surface area contributed by atoms with E-state index in [0.29, 0.717) is 0 Å². The minimum atomic E-state index is -0.442. The van der Waals surface area contributed by atoms with Crippen molar-refractivity contribution in [2.24, 2.45) is 0 Å². The molecule has 0 spiro atoms. The molecule has 1 nitrogen and oxygen atoms in total. The van der Waals surface area contributed by atoms with Crippen LogP contribution in [0.5, 0.6) is 5.75 Å². The molecule has 0 aliphatic heterocycles. The van der Waals surface area contributed by atoms with Crippen molar-refractivity contribution in [3.8, 4) is 5.75 Å². The second-order valence-electron chi connectivity index (χ2n) is 2.66. The Morgan fingerprint density at radius 2 is 2.23 bits per heavy atom. The van der Waals surface area contributed by atoms with Crippen molar-refractivity contribution in [3.05, 3.63) is 29.6 Å². The first kappa shape index (κ1) is 8.51. The smallest absolute Gasteiger partial charge is 0.123 e. The molecule has 0 saturated carbocycles. The molecule has 1 aromatic carbocycles. The molecular weight excluding hydrogens is 187 g/mol. The second-order valence-corrected chi connectivity index (χ2v) is 3.61. The van der Waals surface area contributed by atoms with Crippen LogP contribution in [0, 0.1) is 0 Å². The summed E-state index contributed by atoms with van der Waals surface area (Å²) in [5.41, 5.74) is 0. The fourth-order valence-corrected chi connectivity index (χ4v) is 2.00. The predicted molar refractivity (Wildman–Crippen MR) is 53.3 cm³/mol. The van der Waals surface area contributed by atoms with Crippen molar-refractivity contribution in [1.82, 2.24) is 0 Å². The summed E-state index contributed by atoms with van der Waals surface area (Å²) in [7, 11) is 0. The third-order valence-electron chi connectivity index (χ3n) is 1.77. The van der Waals surface area contributed by atoms with Gasteiger partial charge in [0.15, 0.2) is 0 Å². The Kier molecular flexibility index (Phi) is 2.45. The van der Waals surface area contributed by atoms with E-state index < -0.39 is 6.67 Å². The minimum absolute atomic E-state index is 0.136. The third-order valence-corrected chi connectivity index (χ3v) is 2.65. The van der Waals surface area contributed by atoms with Crippen LogP contribution < -0.4 is 4.74 Å². The molecule has 1 heterocycles. The van der Waals surface area contributed by atoms with E-state index in [1.807, 2.05) is 23.6 Å². The number of ether oxygens (including phenoxy) is 1. The summed E-state index contributed by atoms with van der Waals surface area (Å²) in [4.78, 5) is 0.